The molecule has 0 spiro atoms. The van der Waals surface area contributed by atoms with Crippen LogP contribution >= 0.6 is 0 Å². The quantitative estimate of drug-likeness (QED) is 0.934. The van der Waals surface area contributed by atoms with Crippen molar-refractivity contribution in [2.45, 2.75) is 12.4 Å². The molecular weight excluding hydrogens is 269 g/mol. The smallest absolute Gasteiger partial charge is 0.405 e. The predicted molar refractivity (Wildman–Crippen MR) is 68.3 cm³/mol. The lowest BCUT2D eigenvalue weighted by Crippen LogP contribution is -2.22. The van der Waals surface area contributed by atoms with E-state index in [4.69, 9.17) is 0 Å². The average molecular weight is 282 g/mol. The van der Waals surface area contributed by atoms with Crippen LogP contribution in [0.4, 0.5) is 13.2 Å². The molecule has 1 heterocycles. The zero-order chi connectivity index (χ0) is 14.6. The number of hydrogen-bond donors (Lipinski definition) is 1. The van der Waals surface area contributed by atoms with Crippen LogP contribution in [-0.2, 0) is 0 Å². The molecule has 0 aliphatic rings. The van der Waals surface area contributed by atoms with E-state index in [1.54, 1.807) is 43.7 Å². The van der Waals surface area contributed by atoms with Crippen molar-refractivity contribution in [2.24, 2.45) is 0 Å². The van der Waals surface area contributed by atoms with E-state index in [-0.39, 0.29) is 5.75 Å². The summed E-state index contributed by atoms with van der Waals surface area (Å²) in [5.74, 6) is -0.219. The fourth-order valence-corrected chi connectivity index (χ4v) is 1.99. The Morgan fingerprint density at radius 2 is 1.90 bits per heavy atom. The Balaban J connectivity index is 2.40. The van der Waals surface area contributed by atoms with Crippen molar-refractivity contribution in [3.63, 3.8) is 0 Å². The van der Waals surface area contributed by atoms with Gasteiger partial charge in [-0.1, -0.05) is 24.3 Å². The third kappa shape index (κ3) is 3.48. The minimum Gasteiger partial charge on any atom is -0.405 e. The van der Waals surface area contributed by atoms with Crippen molar-refractivity contribution in [3.05, 3.63) is 59.9 Å². The van der Waals surface area contributed by atoms with Crippen LogP contribution in [0.5, 0.6) is 5.75 Å². The Labute approximate surface area is 114 Å². The van der Waals surface area contributed by atoms with E-state index < -0.39 is 12.4 Å². The van der Waals surface area contributed by atoms with Crippen molar-refractivity contribution in [1.29, 1.82) is 0 Å². The molecule has 1 aromatic heterocycles. The van der Waals surface area contributed by atoms with Gasteiger partial charge < -0.3 is 10.1 Å². The van der Waals surface area contributed by atoms with E-state index in [9.17, 15) is 13.2 Å². The number of aromatic nitrogens is 1. The molecule has 106 valence electrons. The number of hydrogen-bond acceptors (Lipinski definition) is 3. The normalized spacial score (nSPS) is 13.0. The number of para-hydroxylation sites is 1. The summed E-state index contributed by atoms with van der Waals surface area (Å²) in [6.45, 7) is 0. The molecule has 20 heavy (non-hydrogen) atoms. The molecule has 2 rings (SSSR count). The van der Waals surface area contributed by atoms with E-state index in [0.717, 1.165) is 5.56 Å². The summed E-state index contributed by atoms with van der Waals surface area (Å²) in [6, 6.07) is 9.14. The van der Waals surface area contributed by atoms with Gasteiger partial charge in [0.2, 0.25) is 0 Å². The van der Waals surface area contributed by atoms with E-state index in [0.29, 0.717) is 5.56 Å². The first-order chi connectivity index (χ1) is 9.51. The second-order valence-electron chi connectivity index (χ2n) is 4.09. The number of nitrogens with one attached hydrogen (secondary N) is 1. The largest absolute Gasteiger partial charge is 0.573 e. The molecule has 0 saturated carbocycles. The number of rotatable bonds is 4. The summed E-state index contributed by atoms with van der Waals surface area (Å²) in [4.78, 5) is 3.98. The summed E-state index contributed by atoms with van der Waals surface area (Å²) in [7, 11) is 1.67. The van der Waals surface area contributed by atoms with Gasteiger partial charge in [-0.2, -0.15) is 0 Å². The molecule has 1 N–H and O–H groups in total. The van der Waals surface area contributed by atoms with Crippen LogP contribution in [0.3, 0.4) is 0 Å². The minimum atomic E-state index is -4.72. The lowest BCUT2D eigenvalue weighted by atomic mass is 9.99. The third-order valence-electron chi connectivity index (χ3n) is 2.76. The highest BCUT2D eigenvalue weighted by Gasteiger charge is 2.33. The SMILES string of the molecule is CNC(c1cccnc1)c1ccccc1OC(F)(F)F. The molecule has 0 bridgehead atoms. The number of halogens is 3. The van der Waals surface area contributed by atoms with Gasteiger partial charge in [-0.15, -0.1) is 13.2 Å². The van der Waals surface area contributed by atoms with Crippen LogP contribution < -0.4 is 10.1 Å². The first-order valence-corrected chi connectivity index (χ1v) is 5.93. The highest BCUT2D eigenvalue weighted by atomic mass is 19.4. The number of pyridine rings is 1. The van der Waals surface area contributed by atoms with Crippen molar-refractivity contribution in [2.75, 3.05) is 7.05 Å². The maximum Gasteiger partial charge on any atom is 0.573 e. The maximum atomic E-state index is 12.4. The van der Waals surface area contributed by atoms with Crippen molar-refractivity contribution in [3.8, 4) is 5.75 Å². The first-order valence-electron chi connectivity index (χ1n) is 5.93. The van der Waals surface area contributed by atoms with Crippen LogP contribution in [0, 0.1) is 0 Å². The van der Waals surface area contributed by atoms with Gasteiger partial charge in [0.1, 0.15) is 5.75 Å². The summed E-state index contributed by atoms with van der Waals surface area (Å²) in [6.07, 6.45) is -1.51. The molecule has 6 heteroatoms. The topological polar surface area (TPSA) is 34.2 Å². The lowest BCUT2D eigenvalue weighted by Gasteiger charge is -2.20. The fraction of sp³-hybridized carbons (Fsp3) is 0.214. The fourth-order valence-electron chi connectivity index (χ4n) is 1.99. The summed E-state index contributed by atoms with van der Waals surface area (Å²) in [5, 5.41) is 2.97. The Hall–Kier alpha value is -2.08. The molecule has 0 aliphatic carbocycles. The van der Waals surface area contributed by atoms with Gasteiger partial charge >= 0.3 is 6.36 Å². The van der Waals surface area contributed by atoms with Gasteiger partial charge in [-0.05, 0) is 24.7 Å². The second kappa shape index (κ2) is 5.92. The lowest BCUT2D eigenvalue weighted by molar-refractivity contribution is -0.275. The van der Waals surface area contributed by atoms with Crippen LogP contribution in [0.15, 0.2) is 48.8 Å². The van der Waals surface area contributed by atoms with Gasteiger partial charge in [0, 0.05) is 18.0 Å². The van der Waals surface area contributed by atoms with Crippen LogP contribution in [0.1, 0.15) is 17.2 Å². The molecule has 3 nitrogen and oxygen atoms in total. The third-order valence-corrected chi connectivity index (χ3v) is 2.76. The van der Waals surface area contributed by atoms with Crippen molar-refractivity contribution < 1.29 is 17.9 Å². The van der Waals surface area contributed by atoms with Gasteiger partial charge in [-0.3, -0.25) is 4.98 Å². The molecule has 0 radical (unpaired) electrons. The Bertz CT molecular complexity index is 558. The Morgan fingerprint density at radius 1 is 1.15 bits per heavy atom. The predicted octanol–water partition coefficient (Wildman–Crippen LogP) is 3.29. The first kappa shape index (κ1) is 14.3. The summed E-state index contributed by atoms with van der Waals surface area (Å²) < 4.78 is 41.4. The molecule has 2 aromatic rings. The Kier molecular flexibility index (Phi) is 4.24. The Morgan fingerprint density at radius 3 is 2.50 bits per heavy atom. The zero-order valence-electron chi connectivity index (χ0n) is 10.7. The molecule has 1 aromatic carbocycles. The van der Waals surface area contributed by atoms with E-state index >= 15 is 0 Å². The van der Waals surface area contributed by atoms with Crippen molar-refractivity contribution >= 4 is 0 Å². The van der Waals surface area contributed by atoms with Gasteiger partial charge in [-0.25, -0.2) is 0 Å². The second-order valence-corrected chi connectivity index (χ2v) is 4.09. The summed E-state index contributed by atoms with van der Waals surface area (Å²) >= 11 is 0. The maximum absolute atomic E-state index is 12.4. The minimum absolute atomic E-state index is 0.219. The molecular formula is C14H13F3N2O. The van der Waals surface area contributed by atoms with E-state index in [1.807, 2.05) is 0 Å². The van der Waals surface area contributed by atoms with Crippen molar-refractivity contribution in [1.82, 2.24) is 10.3 Å². The van der Waals surface area contributed by atoms with E-state index in [2.05, 4.69) is 15.0 Å². The van der Waals surface area contributed by atoms with Crippen LogP contribution in [0.25, 0.3) is 0 Å². The van der Waals surface area contributed by atoms with Crippen LogP contribution in [0.2, 0.25) is 0 Å². The molecule has 0 aliphatic heterocycles. The number of alkyl halides is 3. The molecule has 0 fully saturated rings. The van der Waals surface area contributed by atoms with E-state index in [1.165, 1.54) is 12.1 Å². The highest BCUT2D eigenvalue weighted by molar-refractivity contribution is 5.41. The molecule has 1 unspecified atom stereocenters. The van der Waals surface area contributed by atoms with Gasteiger partial charge in [0.05, 0.1) is 6.04 Å². The average Bonchev–Trinajstić information content (AvgIpc) is 2.41. The number of nitrogens with zero attached hydrogens (tertiary/aromatic N) is 1. The molecule has 0 saturated heterocycles. The molecule has 1 atom stereocenters. The molecule has 0 amide bonds. The summed E-state index contributed by atoms with van der Waals surface area (Å²) in [5.41, 5.74) is 1.16. The highest BCUT2D eigenvalue weighted by Crippen LogP contribution is 2.32. The van der Waals surface area contributed by atoms with Gasteiger partial charge in [0.25, 0.3) is 0 Å². The number of benzene rings is 1. The van der Waals surface area contributed by atoms with Gasteiger partial charge in [0.15, 0.2) is 0 Å². The standard InChI is InChI=1S/C14H13F3N2O/c1-18-13(10-5-4-8-19-9-10)11-6-2-3-7-12(11)20-14(15,16)17/h2-9,13,18H,1H3. The van der Waals surface area contributed by atoms with Crippen LogP contribution in [-0.4, -0.2) is 18.4 Å². The monoisotopic (exact) mass is 282 g/mol. The number of ether oxygens (including phenoxy) is 1. The zero-order valence-corrected chi connectivity index (χ0v) is 10.7.